The van der Waals surface area contributed by atoms with Crippen LogP contribution in [-0.4, -0.2) is 27.6 Å². The molecule has 0 aliphatic carbocycles. The highest BCUT2D eigenvalue weighted by atomic mass is 32.1. The summed E-state index contributed by atoms with van der Waals surface area (Å²) in [6.45, 7) is 5.11. The van der Waals surface area contributed by atoms with Crippen LogP contribution >= 0.6 is 11.3 Å². The maximum atomic E-state index is 12.6. The number of hydrogen-bond acceptors (Lipinski definition) is 4. The summed E-state index contributed by atoms with van der Waals surface area (Å²) in [7, 11) is 3.68. The molecule has 1 aromatic carbocycles. The Morgan fingerprint density at radius 1 is 1.31 bits per heavy atom. The van der Waals surface area contributed by atoms with Crippen molar-refractivity contribution in [2.45, 2.75) is 27.0 Å². The lowest BCUT2D eigenvalue weighted by Crippen LogP contribution is -2.26. The van der Waals surface area contributed by atoms with Gasteiger partial charge in [0.1, 0.15) is 12.4 Å². The summed E-state index contributed by atoms with van der Waals surface area (Å²) in [5.74, 6) is 0.895. The van der Waals surface area contributed by atoms with Crippen LogP contribution in [0.4, 0.5) is 0 Å². The molecule has 2 aromatic heterocycles. The van der Waals surface area contributed by atoms with Crippen LogP contribution < -0.4 is 4.74 Å². The smallest absolute Gasteiger partial charge is 0.264 e. The van der Waals surface area contributed by atoms with Gasteiger partial charge < -0.3 is 9.64 Å². The lowest BCUT2D eigenvalue weighted by atomic mass is 10.1. The van der Waals surface area contributed by atoms with Crippen LogP contribution in [-0.2, 0) is 20.2 Å². The quantitative estimate of drug-likeness (QED) is 0.661. The van der Waals surface area contributed by atoms with Crippen LogP contribution in [0.3, 0.4) is 0 Å². The number of nitrogens with zero attached hydrogens (tertiary/aromatic N) is 3. The van der Waals surface area contributed by atoms with Crippen molar-refractivity contribution in [1.29, 1.82) is 0 Å². The third kappa shape index (κ3) is 3.96. The number of aromatic nitrogens is 2. The molecule has 0 spiro atoms. The van der Waals surface area contributed by atoms with E-state index in [4.69, 9.17) is 4.74 Å². The zero-order valence-corrected chi connectivity index (χ0v) is 16.3. The number of benzene rings is 1. The molecule has 0 saturated heterocycles. The molecule has 2 heterocycles. The molecule has 0 N–H and O–H groups in total. The Kier molecular flexibility index (Phi) is 5.42. The summed E-state index contributed by atoms with van der Waals surface area (Å²) in [6, 6.07) is 9.87. The normalized spacial score (nSPS) is 10.8. The van der Waals surface area contributed by atoms with Gasteiger partial charge in [-0.3, -0.25) is 9.48 Å². The summed E-state index contributed by atoms with van der Waals surface area (Å²) >= 11 is 1.45. The minimum atomic E-state index is 0.00851. The van der Waals surface area contributed by atoms with Gasteiger partial charge in [0.25, 0.3) is 5.91 Å². The number of amides is 1. The van der Waals surface area contributed by atoms with Gasteiger partial charge in [0.05, 0.1) is 17.1 Å². The van der Waals surface area contributed by atoms with E-state index in [0.29, 0.717) is 18.0 Å². The molecule has 3 aromatic rings. The number of ether oxygens (including phenoxy) is 1. The SMILES string of the molecule is Cc1cccc(OCc2csc(C(=O)N(C)Cc3ccnn3C)c2)c1C. The van der Waals surface area contributed by atoms with Gasteiger partial charge in [-0.2, -0.15) is 5.10 Å². The van der Waals surface area contributed by atoms with Gasteiger partial charge in [-0.25, -0.2) is 0 Å². The van der Waals surface area contributed by atoms with Crippen molar-refractivity contribution in [2.75, 3.05) is 7.05 Å². The molecule has 5 nitrogen and oxygen atoms in total. The lowest BCUT2D eigenvalue weighted by Gasteiger charge is -2.16. The van der Waals surface area contributed by atoms with Crippen LogP contribution in [0.2, 0.25) is 0 Å². The van der Waals surface area contributed by atoms with Crippen molar-refractivity contribution < 1.29 is 9.53 Å². The molecule has 0 fully saturated rings. The fourth-order valence-electron chi connectivity index (χ4n) is 2.66. The zero-order valence-electron chi connectivity index (χ0n) is 15.5. The Bertz CT molecular complexity index is 913. The zero-order chi connectivity index (χ0) is 18.7. The minimum absolute atomic E-state index is 0.00851. The Morgan fingerprint density at radius 2 is 2.12 bits per heavy atom. The molecule has 1 amide bonds. The van der Waals surface area contributed by atoms with Crippen LogP contribution in [0.1, 0.15) is 32.1 Å². The molecular formula is C20H23N3O2S. The van der Waals surface area contributed by atoms with E-state index < -0.39 is 0 Å². The number of aryl methyl sites for hydroxylation is 2. The monoisotopic (exact) mass is 369 g/mol. The Hall–Kier alpha value is -2.60. The third-order valence-corrected chi connectivity index (χ3v) is 5.45. The third-order valence-electron chi connectivity index (χ3n) is 4.48. The van der Waals surface area contributed by atoms with E-state index in [1.54, 1.807) is 22.8 Å². The van der Waals surface area contributed by atoms with Crippen LogP contribution in [0.25, 0.3) is 0 Å². The summed E-state index contributed by atoms with van der Waals surface area (Å²) in [6.07, 6.45) is 1.74. The largest absolute Gasteiger partial charge is 0.489 e. The molecule has 6 heteroatoms. The second kappa shape index (κ2) is 7.74. The first kappa shape index (κ1) is 18.2. The molecule has 0 atom stereocenters. The van der Waals surface area contributed by atoms with E-state index >= 15 is 0 Å². The second-order valence-corrected chi connectivity index (χ2v) is 7.32. The number of thiophene rings is 1. The fraction of sp³-hybridized carbons (Fsp3) is 0.300. The average molecular weight is 369 g/mol. The number of carbonyl (C=O) groups is 1. The lowest BCUT2D eigenvalue weighted by molar-refractivity contribution is 0.0786. The topological polar surface area (TPSA) is 47.4 Å². The van der Waals surface area contributed by atoms with Gasteiger partial charge in [-0.1, -0.05) is 12.1 Å². The van der Waals surface area contributed by atoms with E-state index in [2.05, 4.69) is 25.0 Å². The molecule has 0 bridgehead atoms. The average Bonchev–Trinajstić information content (AvgIpc) is 3.25. The van der Waals surface area contributed by atoms with E-state index in [1.807, 2.05) is 36.7 Å². The van der Waals surface area contributed by atoms with Crippen molar-refractivity contribution in [1.82, 2.24) is 14.7 Å². The molecule has 0 aliphatic heterocycles. The molecule has 0 unspecified atom stereocenters. The van der Waals surface area contributed by atoms with Gasteiger partial charge in [-0.15, -0.1) is 11.3 Å². The Labute approximate surface area is 157 Å². The molecule has 0 aliphatic rings. The van der Waals surface area contributed by atoms with Gasteiger partial charge in [0.15, 0.2) is 0 Å². The highest BCUT2D eigenvalue weighted by Crippen LogP contribution is 2.23. The highest BCUT2D eigenvalue weighted by molar-refractivity contribution is 7.12. The maximum absolute atomic E-state index is 12.6. The molecule has 0 radical (unpaired) electrons. The fourth-order valence-corrected chi connectivity index (χ4v) is 3.55. The molecule has 26 heavy (non-hydrogen) atoms. The van der Waals surface area contributed by atoms with Crippen molar-refractivity contribution in [2.24, 2.45) is 7.05 Å². The molecule has 3 rings (SSSR count). The molecule has 136 valence electrons. The minimum Gasteiger partial charge on any atom is -0.489 e. The van der Waals surface area contributed by atoms with Crippen LogP contribution in [0, 0.1) is 13.8 Å². The summed E-state index contributed by atoms with van der Waals surface area (Å²) in [5.41, 5.74) is 4.36. The summed E-state index contributed by atoms with van der Waals surface area (Å²) < 4.78 is 7.71. The van der Waals surface area contributed by atoms with E-state index in [-0.39, 0.29) is 5.91 Å². The van der Waals surface area contributed by atoms with E-state index in [9.17, 15) is 4.79 Å². The highest BCUT2D eigenvalue weighted by Gasteiger charge is 2.16. The van der Waals surface area contributed by atoms with Gasteiger partial charge in [0.2, 0.25) is 0 Å². The Morgan fingerprint density at radius 3 is 2.85 bits per heavy atom. The predicted molar refractivity (Wildman–Crippen MR) is 104 cm³/mol. The van der Waals surface area contributed by atoms with E-state index in [0.717, 1.165) is 22.6 Å². The van der Waals surface area contributed by atoms with Gasteiger partial charge in [0, 0.05) is 25.9 Å². The van der Waals surface area contributed by atoms with Crippen molar-refractivity contribution >= 4 is 17.2 Å². The summed E-state index contributed by atoms with van der Waals surface area (Å²) in [4.78, 5) is 15.1. The van der Waals surface area contributed by atoms with Crippen molar-refractivity contribution in [3.8, 4) is 5.75 Å². The second-order valence-electron chi connectivity index (χ2n) is 6.41. The first-order valence-corrected chi connectivity index (χ1v) is 9.32. The van der Waals surface area contributed by atoms with E-state index in [1.165, 1.54) is 16.9 Å². The number of hydrogen-bond donors (Lipinski definition) is 0. The maximum Gasteiger partial charge on any atom is 0.264 e. The predicted octanol–water partition coefficient (Wildman–Crippen LogP) is 3.95. The first-order valence-electron chi connectivity index (χ1n) is 8.44. The standard InChI is InChI=1S/C20H23N3O2S/c1-14-6-5-7-18(15(14)2)25-12-16-10-19(26-13-16)20(24)22(3)11-17-8-9-21-23(17)4/h5-10,13H,11-12H2,1-4H3. The van der Waals surface area contributed by atoms with Gasteiger partial charge >= 0.3 is 0 Å². The van der Waals surface area contributed by atoms with Crippen molar-refractivity contribution in [3.63, 3.8) is 0 Å². The first-order chi connectivity index (χ1) is 12.5. The summed E-state index contributed by atoms with van der Waals surface area (Å²) in [5, 5.41) is 6.12. The number of carbonyl (C=O) groups excluding carboxylic acids is 1. The van der Waals surface area contributed by atoms with Gasteiger partial charge in [-0.05, 0) is 48.6 Å². The molecular weight excluding hydrogens is 346 g/mol. The molecule has 0 saturated carbocycles. The number of rotatable bonds is 6. The Balaban J connectivity index is 1.62. The van der Waals surface area contributed by atoms with Crippen LogP contribution in [0.5, 0.6) is 5.75 Å². The van der Waals surface area contributed by atoms with Crippen molar-refractivity contribution in [3.05, 3.63) is 69.2 Å². The van der Waals surface area contributed by atoms with Crippen LogP contribution in [0.15, 0.2) is 41.9 Å².